The molecule has 130 valence electrons. The molecular formula is C16H33N3O3. The molecule has 22 heavy (non-hydrogen) atoms. The lowest BCUT2D eigenvalue weighted by atomic mass is 10.0. The second kappa shape index (κ2) is 8.70. The first-order valence-corrected chi connectivity index (χ1v) is 8.21. The molecule has 1 rings (SSSR count). The molecule has 2 N–H and O–H groups in total. The normalized spacial score (nSPS) is 17.3. The third-order valence-corrected chi connectivity index (χ3v) is 3.62. The fourth-order valence-corrected chi connectivity index (χ4v) is 2.39. The van der Waals surface area contributed by atoms with Gasteiger partial charge in [0.25, 0.3) is 0 Å². The Labute approximate surface area is 134 Å². The summed E-state index contributed by atoms with van der Waals surface area (Å²) in [5.74, 6) is 0. The van der Waals surface area contributed by atoms with Crippen LogP contribution in [-0.4, -0.2) is 68.1 Å². The summed E-state index contributed by atoms with van der Waals surface area (Å²) in [6.07, 6.45) is 0.541. The molecule has 0 spiro atoms. The molecule has 0 aromatic rings. The molecule has 0 aromatic heterocycles. The average Bonchev–Trinajstić information content (AvgIpc) is 2.41. The fourth-order valence-electron chi connectivity index (χ4n) is 2.39. The molecule has 0 aliphatic carbocycles. The Balaban J connectivity index is 2.08. The quantitative estimate of drug-likeness (QED) is 0.699. The van der Waals surface area contributed by atoms with Gasteiger partial charge in [-0.05, 0) is 47.6 Å². The number of hydrogen-bond acceptors (Lipinski definition) is 5. The van der Waals surface area contributed by atoms with E-state index in [1.54, 1.807) is 0 Å². The number of nitrogens with zero attached hydrogens (tertiary/aromatic N) is 1. The van der Waals surface area contributed by atoms with Gasteiger partial charge in [0.2, 0.25) is 0 Å². The van der Waals surface area contributed by atoms with E-state index in [9.17, 15) is 4.79 Å². The molecule has 0 unspecified atom stereocenters. The number of alkyl carbamates (subject to hydrolysis) is 1. The summed E-state index contributed by atoms with van der Waals surface area (Å²) in [4.78, 5) is 13.9. The van der Waals surface area contributed by atoms with Gasteiger partial charge in [-0.2, -0.15) is 0 Å². The van der Waals surface area contributed by atoms with Gasteiger partial charge in [0, 0.05) is 31.7 Å². The first-order valence-electron chi connectivity index (χ1n) is 8.21. The van der Waals surface area contributed by atoms with E-state index in [1.807, 2.05) is 20.8 Å². The summed E-state index contributed by atoms with van der Waals surface area (Å²) in [6.45, 7) is 16.2. The molecule has 1 aliphatic heterocycles. The maximum atomic E-state index is 11.5. The van der Waals surface area contributed by atoms with Crippen molar-refractivity contribution >= 4 is 6.09 Å². The van der Waals surface area contributed by atoms with Crippen LogP contribution in [0.5, 0.6) is 0 Å². The third kappa shape index (κ3) is 7.96. The summed E-state index contributed by atoms with van der Waals surface area (Å²) < 4.78 is 10.6. The Morgan fingerprint density at radius 2 is 1.77 bits per heavy atom. The summed E-state index contributed by atoms with van der Waals surface area (Å²) >= 11 is 0. The zero-order chi connectivity index (χ0) is 16.6. The molecule has 6 nitrogen and oxygen atoms in total. The molecule has 6 heteroatoms. The predicted molar refractivity (Wildman–Crippen MR) is 88.2 cm³/mol. The predicted octanol–water partition coefficient (Wildman–Crippen LogP) is 1.60. The number of rotatable bonds is 7. The Hall–Kier alpha value is -0.850. The molecule has 1 heterocycles. The van der Waals surface area contributed by atoms with Gasteiger partial charge in [-0.15, -0.1) is 0 Å². The first kappa shape index (κ1) is 19.2. The fraction of sp³-hybridized carbons (Fsp3) is 0.938. The highest BCUT2D eigenvalue weighted by molar-refractivity contribution is 5.67. The van der Waals surface area contributed by atoms with Crippen molar-refractivity contribution < 1.29 is 14.3 Å². The number of morpholine rings is 1. The van der Waals surface area contributed by atoms with Crippen molar-refractivity contribution in [2.45, 2.75) is 52.2 Å². The van der Waals surface area contributed by atoms with Gasteiger partial charge in [0.05, 0.1) is 13.2 Å². The average molecular weight is 315 g/mol. The highest BCUT2D eigenvalue weighted by Crippen LogP contribution is 2.14. The monoisotopic (exact) mass is 315 g/mol. The first-order chi connectivity index (χ1) is 10.2. The van der Waals surface area contributed by atoms with E-state index in [1.165, 1.54) is 0 Å². The Morgan fingerprint density at radius 1 is 1.14 bits per heavy atom. The summed E-state index contributed by atoms with van der Waals surface area (Å²) in [5, 5.41) is 6.24. The minimum absolute atomic E-state index is 0.127. The van der Waals surface area contributed by atoms with E-state index >= 15 is 0 Å². The molecular weight excluding hydrogens is 282 g/mol. The van der Waals surface area contributed by atoms with Crippen LogP contribution in [0.15, 0.2) is 0 Å². The van der Waals surface area contributed by atoms with E-state index in [2.05, 4.69) is 29.4 Å². The lowest BCUT2D eigenvalue weighted by molar-refractivity contribution is -0.00953. The number of ether oxygens (including phenoxy) is 2. The van der Waals surface area contributed by atoms with Crippen LogP contribution >= 0.6 is 0 Å². The van der Waals surface area contributed by atoms with E-state index in [4.69, 9.17) is 9.47 Å². The van der Waals surface area contributed by atoms with Gasteiger partial charge >= 0.3 is 6.09 Å². The van der Waals surface area contributed by atoms with Crippen LogP contribution in [-0.2, 0) is 9.47 Å². The van der Waals surface area contributed by atoms with Crippen LogP contribution in [0.3, 0.4) is 0 Å². The minimum atomic E-state index is -0.440. The molecule has 0 saturated carbocycles. The highest BCUT2D eigenvalue weighted by atomic mass is 16.6. The van der Waals surface area contributed by atoms with Crippen LogP contribution in [0.25, 0.3) is 0 Å². The molecule has 0 aromatic carbocycles. The van der Waals surface area contributed by atoms with Gasteiger partial charge in [-0.1, -0.05) is 0 Å². The number of amides is 1. The lowest BCUT2D eigenvalue weighted by Gasteiger charge is -2.41. The topological polar surface area (TPSA) is 62.8 Å². The van der Waals surface area contributed by atoms with Crippen LogP contribution in [0.1, 0.15) is 41.0 Å². The van der Waals surface area contributed by atoms with Gasteiger partial charge < -0.3 is 20.1 Å². The van der Waals surface area contributed by atoms with Crippen LogP contribution in [0.2, 0.25) is 0 Å². The van der Waals surface area contributed by atoms with Crippen molar-refractivity contribution in [3.63, 3.8) is 0 Å². The smallest absolute Gasteiger partial charge is 0.407 e. The van der Waals surface area contributed by atoms with Crippen LogP contribution < -0.4 is 10.6 Å². The number of carbonyl (C=O) groups excluding carboxylic acids is 1. The van der Waals surface area contributed by atoms with Gasteiger partial charge in [-0.3, -0.25) is 4.90 Å². The summed E-state index contributed by atoms with van der Waals surface area (Å²) in [7, 11) is 0. The highest BCUT2D eigenvalue weighted by Gasteiger charge is 2.27. The summed E-state index contributed by atoms with van der Waals surface area (Å²) in [6, 6.07) is 0. The van der Waals surface area contributed by atoms with Crippen molar-refractivity contribution in [2.75, 3.05) is 45.9 Å². The molecule has 0 atom stereocenters. The maximum absolute atomic E-state index is 11.5. The zero-order valence-corrected chi connectivity index (χ0v) is 14.8. The van der Waals surface area contributed by atoms with Crippen molar-refractivity contribution in [1.82, 2.24) is 15.5 Å². The standard InChI is InChI=1S/C16H33N3O3/c1-15(2,3)22-14(20)18-8-6-7-17-13-16(4,5)19-9-11-21-12-10-19/h17H,6-13H2,1-5H3,(H,18,20). The Morgan fingerprint density at radius 3 is 2.36 bits per heavy atom. The number of nitrogens with one attached hydrogen (secondary N) is 2. The van der Waals surface area contributed by atoms with Crippen LogP contribution in [0, 0.1) is 0 Å². The van der Waals surface area contributed by atoms with Crippen molar-refractivity contribution in [1.29, 1.82) is 0 Å². The third-order valence-electron chi connectivity index (χ3n) is 3.62. The van der Waals surface area contributed by atoms with Crippen LogP contribution in [0.4, 0.5) is 4.79 Å². The molecule has 1 saturated heterocycles. The van der Waals surface area contributed by atoms with Crippen molar-refractivity contribution in [2.24, 2.45) is 0 Å². The van der Waals surface area contributed by atoms with E-state index in [0.717, 1.165) is 45.8 Å². The maximum Gasteiger partial charge on any atom is 0.407 e. The second-order valence-electron chi connectivity index (χ2n) is 7.37. The van der Waals surface area contributed by atoms with Crippen molar-refractivity contribution in [3.8, 4) is 0 Å². The Bertz CT molecular complexity index is 334. The zero-order valence-electron chi connectivity index (χ0n) is 14.8. The van der Waals surface area contributed by atoms with E-state index in [-0.39, 0.29) is 11.6 Å². The number of hydrogen-bond donors (Lipinski definition) is 2. The summed E-state index contributed by atoms with van der Waals surface area (Å²) in [5.41, 5.74) is -0.313. The number of carbonyl (C=O) groups is 1. The van der Waals surface area contributed by atoms with E-state index in [0.29, 0.717) is 6.54 Å². The molecule has 1 amide bonds. The Kier molecular flexibility index (Phi) is 7.59. The van der Waals surface area contributed by atoms with Gasteiger partial charge in [-0.25, -0.2) is 4.79 Å². The molecule has 0 radical (unpaired) electrons. The van der Waals surface area contributed by atoms with E-state index < -0.39 is 5.60 Å². The largest absolute Gasteiger partial charge is 0.444 e. The van der Waals surface area contributed by atoms with Gasteiger partial charge in [0.15, 0.2) is 0 Å². The lowest BCUT2D eigenvalue weighted by Crippen LogP contribution is -2.54. The minimum Gasteiger partial charge on any atom is -0.444 e. The second-order valence-corrected chi connectivity index (χ2v) is 7.37. The van der Waals surface area contributed by atoms with Crippen molar-refractivity contribution in [3.05, 3.63) is 0 Å². The molecule has 1 fully saturated rings. The molecule has 0 bridgehead atoms. The molecule has 1 aliphatic rings. The van der Waals surface area contributed by atoms with Gasteiger partial charge in [0.1, 0.15) is 5.60 Å². The SMILES string of the molecule is CC(C)(C)OC(=O)NCCCNCC(C)(C)N1CCOCC1.